The number of ether oxygens (including phenoxy) is 1. The van der Waals surface area contributed by atoms with Crippen LogP contribution in [-0.2, 0) is 11.3 Å². The molecule has 0 aromatic heterocycles. The Bertz CT molecular complexity index is 970. The zero-order chi connectivity index (χ0) is 19.1. The Morgan fingerprint density at radius 3 is 2.11 bits per heavy atom. The van der Waals surface area contributed by atoms with Crippen LogP contribution < -0.4 is 0 Å². The number of rotatable bonds is 6. The molecule has 0 amide bonds. The molecule has 0 aliphatic heterocycles. The molecule has 3 rings (SSSR count). The number of nitro benzene ring substituents is 1. The second kappa shape index (κ2) is 8.48. The molecule has 0 N–H and O–H groups in total. The minimum Gasteiger partial charge on any atom is -0.457 e. The number of para-hydroxylation sites is 1. The Hall–Kier alpha value is -3.87. The van der Waals surface area contributed by atoms with E-state index in [1.165, 1.54) is 6.07 Å². The topological polar surface area (TPSA) is 94.2 Å². The Morgan fingerprint density at radius 2 is 1.44 bits per heavy atom. The first-order valence-electron chi connectivity index (χ1n) is 8.10. The maximum atomic E-state index is 12.1. The largest absolute Gasteiger partial charge is 0.457 e. The van der Waals surface area contributed by atoms with Gasteiger partial charge in [0.25, 0.3) is 5.69 Å². The molecule has 0 bridgehead atoms. The lowest BCUT2D eigenvalue weighted by Crippen LogP contribution is -2.06. The summed E-state index contributed by atoms with van der Waals surface area (Å²) in [4.78, 5) is 22.6. The van der Waals surface area contributed by atoms with Gasteiger partial charge in [-0.1, -0.05) is 30.3 Å². The van der Waals surface area contributed by atoms with Crippen LogP contribution in [0.25, 0.3) is 0 Å². The minimum atomic E-state index is -0.570. The summed E-state index contributed by atoms with van der Waals surface area (Å²) >= 11 is 0. The normalized spacial score (nSPS) is 10.7. The van der Waals surface area contributed by atoms with Crippen molar-refractivity contribution in [1.29, 1.82) is 0 Å². The standard InChI is InChI=1S/C20H15N3O4/c24-20(27-14-16-6-4-5-9-19(16)23(25)26)15-10-12-18(13-11-15)22-21-17-7-2-1-3-8-17/h1-13H,14H2. The number of nitro groups is 1. The molecule has 134 valence electrons. The first-order chi connectivity index (χ1) is 13.1. The fourth-order valence-electron chi connectivity index (χ4n) is 2.31. The quantitative estimate of drug-likeness (QED) is 0.255. The summed E-state index contributed by atoms with van der Waals surface area (Å²) in [5, 5.41) is 19.2. The van der Waals surface area contributed by atoms with Gasteiger partial charge in [-0.3, -0.25) is 10.1 Å². The van der Waals surface area contributed by atoms with Crippen LogP contribution in [-0.4, -0.2) is 10.9 Å². The number of carbonyl (C=O) groups excluding carboxylic acids is 1. The van der Waals surface area contributed by atoms with Crippen molar-refractivity contribution in [2.75, 3.05) is 0 Å². The molecular weight excluding hydrogens is 346 g/mol. The summed E-state index contributed by atoms with van der Waals surface area (Å²) in [5.41, 5.74) is 1.90. The van der Waals surface area contributed by atoms with Crippen LogP contribution >= 0.6 is 0 Å². The third-order valence-electron chi connectivity index (χ3n) is 3.69. The molecule has 0 unspecified atom stereocenters. The lowest BCUT2D eigenvalue weighted by atomic mass is 10.2. The lowest BCUT2D eigenvalue weighted by molar-refractivity contribution is -0.385. The third-order valence-corrected chi connectivity index (χ3v) is 3.69. The molecular formula is C20H15N3O4. The first kappa shape index (κ1) is 17.9. The summed E-state index contributed by atoms with van der Waals surface area (Å²) < 4.78 is 5.18. The van der Waals surface area contributed by atoms with Gasteiger partial charge in [0.15, 0.2) is 0 Å². The van der Waals surface area contributed by atoms with E-state index in [4.69, 9.17) is 4.74 Å². The molecule has 0 saturated heterocycles. The van der Waals surface area contributed by atoms with Gasteiger partial charge in [0.05, 0.1) is 27.4 Å². The van der Waals surface area contributed by atoms with Gasteiger partial charge >= 0.3 is 5.97 Å². The van der Waals surface area contributed by atoms with Crippen LogP contribution in [0.15, 0.2) is 89.1 Å². The van der Waals surface area contributed by atoms with Gasteiger partial charge in [0.1, 0.15) is 6.61 Å². The molecule has 0 saturated carbocycles. The zero-order valence-corrected chi connectivity index (χ0v) is 14.2. The second-order valence-electron chi connectivity index (χ2n) is 5.54. The molecule has 0 fully saturated rings. The van der Waals surface area contributed by atoms with E-state index in [1.54, 1.807) is 42.5 Å². The number of benzene rings is 3. The summed E-state index contributed by atoms with van der Waals surface area (Å²) in [7, 11) is 0. The highest BCUT2D eigenvalue weighted by Gasteiger charge is 2.15. The number of hydrogen-bond donors (Lipinski definition) is 0. The van der Waals surface area contributed by atoms with Gasteiger partial charge in [0, 0.05) is 6.07 Å². The molecule has 7 nitrogen and oxygen atoms in total. The third kappa shape index (κ3) is 4.82. The molecule has 27 heavy (non-hydrogen) atoms. The zero-order valence-electron chi connectivity index (χ0n) is 14.2. The lowest BCUT2D eigenvalue weighted by Gasteiger charge is -2.05. The van der Waals surface area contributed by atoms with Crippen LogP contribution in [0.2, 0.25) is 0 Å². The SMILES string of the molecule is O=C(OCc1ccccc1[N+](=O)[O-])c1ccc(N=Nc2ccccc2)cc1. The predicted octanol–water partition coefficient (Wildman–Crippen LogP) is 5.37. The van der Waals surface area contributed by atoms with Crippen molar-refractivity contribution in [2.24, 2.45) is 10.2 Å². The van der Waals surface area contributed by atoms with Crippen LogP contribution in [0.4, 0.5) is 17.1 Å². The first-order valence-corrected chi connectivity index (χ1v) is 8.10. The Morgan fingerprint density at radius 1 is 0.852 bits per heavy atom. The van der Waals surface area contributed by atoms with Gasteiger partial charge in [-0.25, -0.2) is 4.79 Å². The fourth-order valence-corrected chi connectivity index (χ4v) is 2.31. The van der Waals surface area contributed by atoms with Crippen LogP contribution in [0.5, 0.6) is 0 Å². The van der Waals surface area contributed by atoms with Crippen LogP contribution in [0.3, 0.4) is 0 Å². The molecule has 0 heterocycles. The summed E-state index contributed by atoms with van der Waals surface area (Å²) in [6, 6.07) is 21.9. The highest BCUT2D eigenvalue weighted by Crippen LogP contribution is 2.21. The fraction of sp³-hybridized carbons (Fsp3) is 0.0500. The van der Waals surface area contributed by atoms with E-state index in [0.29, 0.717) is 16.8 Å². The van der Waals surface area contributed by atoms with E-state index in [2.05, 4.69) is 10.2 Å². The van der Waals surface area contributed by atoms with E-state index < -0.39 is 10.9 Å². The van der Waals surface area contributed by atoms with Crippen molar-refractivity contribution in [3.8, 4) is 0 Å². The van der Waals surface area contributed by atoms with Gasteiger partial charge in [-0.2, -0.15) is 10.2 Å². The number of hydrogen-bond acceptors (Lipinski definition) is 6. The average molecular weight is 361 g/mol. The van der Waals surface area contributed by atoms with Crippen LogP contribution in [0, 0.1) is 10.1 Å². The number of carbonyl (C=O) groups is 1. The van der Waals surface area contributed by atoms with Crippen molar-refractivity contribution < 1.29 is 14.5 Å². The molecule has 3 aromatic rings. The van der Waals surface area contributed by atoms with Gasteiger partial charge in [-0.05, 0) is 42.5 Å². The Kier molecular flexibility index (Phi) is 5.64. The Balaban J connectivity index is 1.63. The minimum absolute atomic E-state index is 0.0815. The molecule has 3 aromatic carbocycles. The summed E-state index contributed by atoms with van der Waals surface area (Å²) in [5.74, 6) is -0.570. The van der Waals surface area contributed by atoms with E-state index in [1.807, 2.05) is 30.3 Å². The van der Waals surface area contributed by atoms with E-state index in [0.717, 1.165) is 5.69 Å². The monoisotopic (exact) mass is 361 g/mol. The molecule has 7 heteroatoms. The smallest absolute Gasteiger partial charge is 0.338 e. The van der Waals surface area contributed by atoms with E-state index >= 15 is 0 Å². The van der Waals surface area contributed by atoms with E-state index in [-0.39, 0.29) is 12.3 Å². The van der Waals surface area contributed by atoms with Gasteiger partial charge in [-0.15, -0.1) is 0 Å². The number of esters is 1. The van der Waals surface area contributed by atoms with Crippen molar-refractivity contribution >= 4 is 23.0 Å². The van der Waals surface area contributed by atoms with Crippen LogP contribution in [0.1, 0.15) is 15.9 Å². The summed E-state index contributed by atoms with van der Waals surface area (Å²) in [6.45, 7) is -0.175. The highest BCUT2D eigenvalue weighted by molar-refractivity contribution is 5.89. The predicted molar refractivity (Wildman–Crippen MR) is 99.3 cm³/mol. The van der Waals surface area contributed by atoms with Crippen molar-refractivity contribution in [1.82, 2.24) is 0 Å². The molecule has 0 spiro atoms. The Labute approximate surface area is 155 Å². The number of nitrogens with zero attached hydrogens (tertiary/aromatic N) is 3. The number of azo groups is 1. The van der Waals surface area contributed by atoms with Crippen molar-refractivity contribution in [3.63, 3.8) is 0 Å². The summed E-state index contributed by atoms with van der Waals surface area (Å²) in [6.07, 6.45) is 0. The maximum absolute atomic E-state index is 12.1. The average Bonchev–Trinajstić information content (AvgIpc) is 2.71. The van der Waals surface area contributed by atoms with E-state index in [9.17, 15) is 14.9 Å². The highest BCUT2D eigenvalue weighted by atomic mass is 16.6. The van der Waals surface area contributed by atoms with Gasteiger partial charge < -0.3 is 4.74 Å². The van der Waals surface area contributed by atoms with Crippen molar-refractivity contribution in [3.05, 3.63) is 100 Å². The van der Waals surface area contributed by atoms with Gasteiger partial charge in [0.2, 0.25) is 0 Å². The second-order valence-corrected chi connectivity index (χ2v) is 5.54. The molecule has 0 aliphatic carbocycles. The molecule has 0 radical (unpaired) electrons. The molecule has 0 aliphatic rings. The molecule has 0 atom stereocenters. The maximum Gasteiger partial charge on any atom is 0.338 e. The van der Waals surface area contributed by atoms with Crippen molar-refractivity contribution in [2.45, 2.75) is 6.61 Å².